The predicted molar refractivity (Wildman–Crippen MR) is 124 cm³/mol. The van der Waals surface area contributed by atoms with Crippen LogP contribution in [-0.2, 0) is 17.8 Å². The second-order valence-electron chi connectivity index (χ2n) is 8.28. The van der Waals surface area contributed by atoms with Gasteiger partial charge < -0.3 is 20.3 Å². The number of hydrogen-bond acceptors (Lipinski definition) is 5. The van der Waals surface area contributed by atoms with Crippen LogP contribution in [0.2, 0.25) is 0 Å². The number of benzene rings is 1. The van der Waals surface area contributed by atoms with Gasteiger partial charge in [0, 0.05) is 72.0 Å². The van der Waals surface area contributed by atoms with E-state index >= 15 is 0 Å². The van der Waals surface area contributed by atoms with Gasteiger partial charge in [0.25, 0.3) is 0 Å². The number of nitrogens with zero attached hydrogens (tertiary/aromatic N) is 4. The number of rotatable bonds is 8. The highest BCUT2D eigenvalue weighted by Gasteiger charge is 2.20. The van der Waals surface area contributed by atoms with Crippen LogP contribution >= 0.6 is 0 Å². The van der Waals surface area contributed by atoms with E-state index in [1.165, 1.54) is 24.2 Å². The Morgan fingerprint density at radius 1 is 1.00 bits per heavy atom. The summed E-state index contributed by atoms with van der Waals surface area (Å²) in [4.78, 5) is 12.0. The third kappa shape index (κ3) is 6.94. The lowest BCUT2D eigenvalue weighted by molar-refractivity contribution is 0.0341. The normalized spacial score (nSPS) is 20.8. The van der Waals surface area contributed by atoms with E-state index in [1.54, 1.807) is 0 Å². The minimum Gasteiger partial charge on any atom is -0.379 e. The monoisotopic (exact) mass is 416 g/mol. The average molecular weight is 417 g/mol. The van der Waals surface area contributed by atoms with Crippen LogP contribution in [0.1, 0.15) is 25.0 Å². The Hall–Kier alpha value is -1.67. The Kier molecular flexibility index (Phi) is 9.39. The van der Waals surface area contributed by atoms with Crippen LogP contribution < -0.4 is 10.6 Å². The van der Waals surface area contributed by atoms with E-state index < -0.39 is 0 Å². The van der Waals surface area contributed by atoms with Crippen LogP contribution in [-0.4, -0.2) is 99.3 Å². The zero-order chi connectivity index (χ0) is 21.2. The van der Waals surface area contributed by atoms with Gasteiger partial charge in [0.05, 0.1) is 13.2 Å². The predicted octanol–water partition coefficient (Wildman–Crippen LogP) is 1.21. The van der Waals surface area contributed by atoms with Crippen LogP contribution in [0.15, 0.2) is 29.3 Å². The summed E-state index contributed by atoms with van der Waals surface area (Å²) >= 11 is 0. The minimum absolute atomic E-state index is 0.496. The van der Waals surface area contributed by atoms with E-state index in [4.69, 9.17) is 4.74 Å². The lowest BCUT2D eigenvalue weighted by Gasteiger charge is -2.37. The Morgan fingerprint density at radius 2 is 1.70 bits per heavy atom. The van der Waals surface area contributed by atoms with Crippen LogP contribution in [0, 0.1) is 0 Å². The molecule has 1 aromatic carbocycles. The highest BCUT2D eigenvalue weighted by molar-refractivity contribution is 5.79. The number of nitrogens with one attached hydrogen (secondary N) is 2. The molecule has 1 unspecified atom stereocenters. The third-order valence-electron chi connectivity index (χ3n) is 6.33. The fourth-order valence-corrected chi connectivity index (χ4v) is 4.18. The number of piperazine rings is 1. The van der Waals surface area contributed by atoms with E-state index in [-0.39, 0.29) is 0 Å². The lowest BCUT2D eigenvalue weighted by Crippen LogP contribution is -2.53. The van der Waals surface area contributed by atoms with Crippen LogP contribution in [0.25, 0.3) is 0 Å². The fourth-order valence-electron chi connectivity index (χ4n) is 4.18. The van der Waals surface area contributed by atoms with Gasteiger partial charge in [-0.3, -0.25) is 14.8 Å². The summed E-state index contributed by atoms with van der Waals surface area (Å²) in [6, 6.07) is 9.20. The zero-order valence-corrected chi connectivity index (χ0v) is 19.1. The van der Waals surface area contributed by atoms with Crippen molar-refractivity contribution in [1.82, 2.24) is 25.3 Å². The van der Waals surface area contributed by atoms with Gasteiger partial charge in [-0.15, -0.1) is 0 Å². The highest BCUT2D eigenvalue weighted by Crippen LogP contribution is 2.13. The second-order valence-corrected chi connectivity index (χ2v) is 8.28. The third-order valence-corrected chi connectivity index (χ3v) is 6.33. The molecule has 2 aliphatic rings. The summed E-state index contributed by atoms with van der Waals surface area (Å²) in [5.41, 5.74) is 2.71. The Morgan fingerprint density at radius 3 is 2.37 bits per heavy atom. The lowest BCUT2D eigenvalue weighted by atomic mass is 10.1. The molecule has 3 rings (SSSR count). The van der Waals surface area contributed by atoms with Gasteiger partial charge >= 0.3 is 0 Å². The van der Waals surface area contributed by atoms with Gasteiger partial charge in [0.15, 0.2) is 5.96 Å². The number of guanidine groups is 1. The van der Waals surface area contributed by atoms with Gasteiger partial charge in [-0.05, 0) is 24.6 Å². The number of aliphatic imine (C=N–C) groups is 1. The Labute approximate surface area is 182 Å². The molecule has 2 aliphatic heterocycles. The first-order valence-corrected chi connectivity index (χ1v) is 11.5. The summed E-state index contributed by atoms with van der Waals surface area (Å²) in [5.74, 6) is 0.871. The number of ether oxygens (including phenoxy) is 1. The molecule has 0 bridgehead atoms. The van der Waals surface area contributed by atoms with E-state index in [9.17, 15) is 0 Å². The van der Waals surface area contributed by atoms with Crippen molar-refractivity contribution in [1.29, 1.82) is 0 Å². The van der Waals surface area contributed by atoms with Gasteiger partial charge in [0.2, 0.25) is 0 Å². The van der Waals surface area contributed by atoms with Crippen LogP contribution in [0.3, 0.4) is 0 Å². The average Bonchev–Trinajstić information content (AvgIpc) is 2.80. The van der Waals surface area contributed by atoms with E-state index in [2.05, 4.69) is 68.4 Å². The molecule has 1 atom stereocenters. The molecule has 30 heavy (non-hydrogen) atoms. The summed E-state index contributed by atoms with van der Waals surface area (Å²) in [7, 11) is 1.85. The summed E-state index contributed by atoms with van der Waals surface area (Å²) in [6.07, 6.45) is 0. The number of morpholine rings is 1. The molecule has 7 nitrogen and oxygen atoms in total. The highest BCUT2D eigenvalue weighted by atomic mass is 16.5. The molecule has 168 valence electrons. The summed E-state index contributed by atoms with van der Waals surface area (Å²) in [5, 5.41) is 7.03. The van der Waals surface area contributed by atoms with E-state index in [0.717, 1.165) is 71.5 Å². The molecular weight excluding hydrogens is 376 g/mol. The largest absolute Gasteiger partial charge is 0.379 e. The molecular formula is C23H40N6O. The van der Waals surface area contributed by atoms with Gasteiger partial charge in [-0.1, -0.05) is 31.2 Å². The van der Waals surface area contributed by atoms with Crippen molar-refractivity contribution >= 4 is 5.96 Å². The number of hydrogen-bond donors (Lipinski definition) is 2. The smallest absolute Gasteiger partial charge is 0.191 e. The maximum absolute atomic E-state index is 5.48. The van der Waals surface area contributed by atoms with Gasteiger partial charge in [-0.25, -0.2) is 0 Å². The molecule has 2 heterocycles. The van der Waals surface area contributed by atoms with Gasteiger partial charge in [-0.2, -0.15) is 0 Å². The molecule has 0 saturated carbocycles. The molecule has 2 fully saturated rings. The maximum Gasteiger partial charge on any atom is 0.191 e. The summed E-state index contributed by atoms with van der Waals surface area (Å²) < 4.78 is 5.48. The first-order valence-electron chi connectivity index (χ1n) is 11.5. The van der Waals surface area contributed by atoms with Crippen LogP contribution in [0.5, 0.6) is 0 Å². The molecule has 0 aromatic heterocycles. The fraction of sp³-hybridized carbons (Fsp3) is 0.696. The standard InChI is InChI=1S/C23H40N6O/c1-4-27-9-11-29(12-10-27)20(2)17-25-23(24-3)26-18-21-7-5-6-8-22(21)19-28-13-15-30-16-14-28/h5-8,20H,4,9-19H2,1-3H3,(H2,24,25,26). The molecule has 7 heteroatoms. The zero-order valence-electron chi connectivity index (χ0n) is 19.1. The van der Waals surface area contributed by atoms with E-state index in [0.29, 0.717) is 6.04 Å². The SMILES string of the molecule is CCN1CCN(C(C)CNC(=NC)NCc2ccccc2CN2CCOCC2)CC1. The van der Waals surface area contributed by atoms with Crippen molar-refractivity contribution < 1.29 is 4.74 Å². The second kappa shape index (κ2) is 12.2. The van der Waals surface area contributed by atoms with Crippen molar-refractivity contribution in [2.75, 3.05) is 72.6 Å². The Balaban J connectivity index is 1.45. The molecule has 1 aromatic rings. The topological polar surface area (TPSA) is 55.4 Å². The molecule has 0 spiro atoms. The van der Waals surface area contributed by atoms with Gasteiger partial charge in [0.1, 0.15) is 0 Å². The van der Waals surface area contributed by atoms with Crippen molar-refractivity contribution in [3.63, 3.8) is 0 Å². The molecule has 2 N–H and O–H groups in total. The first-order chi connectivity index (χ1) is 14.7. The van der Waals surface area contributed by atoms with Crippen molar-refractivity contribution in [2.24, 2.45) is 4.99 Å². The Bertz CT molecular complexity index is 653. The summed E-state index contributed by atoms with van der Waals surface area (Å²) in [6.45, 7) is 16.7. The number of likely N-dealkylation sites (N-methyl/N-ethyl adjacent to an activating group) is 1. The molecule has 0 amide bonds. The quantitative estimate of drug-likeness (QED) is 0.491. The van der Waals surface area contributed by atoms with Crippen molar-refractivity contribution in [2.45, 2.75) is 33.0 Å². The molecule has 0 radical (unpaired) electrons. The van der Waals surface area contributed by atoms with Crippen LogP contribution in [0.4, 0.5) is 0 Å². The first kappa shape index (κ1) is 23.0. The molecule has 2 saturated heterocycles. The molecule has 0 aliphatic carbocycles. The minimum atomic E-state index is 0.496. The maximum atomic E-state index is 5.48. The van der Waals surface area contributed by atoms with Crippen molar-refractivity contribution in [3.05, 3.63) is 35.4 Å². The van der Waals surface area contributed by atoms with Crippen molar-refractivity contribution in [3.8, 4) is 0 Å². The van der Waals surface area contributed by atoms with E-state index in [1.807, 2.05) is 7.05 Å².